The summed E-state index contributed by atoms with van der Waals surface area (Å²) in [7, 11) is -3.65. The molecule has 0 radical (unpaired) electrons. The third-order valence-corrected chi connectivity index (χ3v) is 7.18. The van der Waals surface area contributed by atoms with Crippen LogP contribution in [0.5, 0.6) is 0 Å². The third-order valence-electron chi connectivity index (χ3n) is 5.67. The molecule has 0 aliphatic rings. The van der Waals surface area contributed by atoms with E-state index in [9.17, 15) is 8.42 Å². The molecular formula is C27H32N2O2S. The Hall–Kier alpha value is -2.73. The van der Waals surface area contributed by atoms with E-state index in [1.54, 1.807) is 18.2 Å². The molecule has 0 aromatic heterocycles. The Morgan fingerprint density at radius 2 is 1.38 bits per heavy atom. The summed E-state index contributed by atoms with van der Waals surface area (Å²) >= 11 is 0. The molecule has 168 valence electrons. The van der Waals surface area contributed by atoms with E-state index in [4.69, 9.17) is 0 Å². The molecular weight excluding hydrogens is 416 g/mol. The van der Waals surface area contributed by atoms with Crippen molar-refractivity contribution in [3.63, 3.8) is 0 Å². The molecule has 4 nitrogen and oxygen atoms in total. The van der Waals surface area contributed by atoms with E-state index in [0.717, 1.165) is 18.7 Å². The fourth-order valence-electron chi connectivity index (χ4n) is 3.74. The first-order chi connectivity index (χ1) is 15.4. The van der Waals surface area contributed by atoms with Gasteiger partial charge in [0.05, 0.1) is 4.90 Å². The van der Waals surface area contributed by atoms with Crippen LogP contribution in [0.3, 0.4) is 0 Å². The molecule has 3 rings (SSSR count). The fourth-order valence-corrected chi connectivity index (χ4v) is 5.06. The predicted molar refractivity (Wildman–Crippen MR) is 132 cm³/mol. The number of hydrogen-bond acceptors (Lipinski definition) is 3. The van der Waals surface area contributed by atoms with Crippen molar-refractivity contribution < 1.29 is 8.42 Å². The zero-order valence-corrected chi connectivity index (χ0v) is 19.6. The highest BCUT2D eigenvalue weighted by Crippen LogP contribution is 2.19. The van der Waals surface area contributed by atoms with Gasteiger partial charge in [0.25, 0.3) is 0 Å². The minimum absolute atomic E-state index is 0.0614. The summed E-state index contributed by atoms with van der Waals surface area (Å²) in [6.07, 6.45) is 2.31. The maximum atomic E-state index is 13.1. The Labute approximate surface area is 192 Å². The number of hydrogen-bond donors (Lipinski definition) is 1. The summed E-state index contributed by atoms with van der Waals surface area (Å²) in [5.41, 5.74) is 3.40. The van der Waals surface area contributed by atoms with Gasteiger partial charge in [-0.2, -0.15) is 0 Å². The van der Waals surface area contributed by atoms with Crippen LogP contribution in [-0.4, -0.2) is 25.4 Å². The van der Waals surface area contributed by atoms with E-state index < -0.39 is 10.0 Å². The van der Waals surface area contributed by atoms with Gasteiger partial charge in [0.2, 0.25) is 10.0 Å². The Balaban J connectivity index is 1.86. The smallest absolute Gasteiger partial charge is 0.240 e. The van der Waals surface area contributed by atoms with Crippen molar-refractivity contribution in [1.82, 2.24) is 9.62 Å². The van der Waals surface area contributed by atoms with E-state index in [1.165, 1.54) is 11.1 Å². The fraction of sp³-hybridized carbons (Fsp3) is 0.259. The van der Waals surface area contributed by atoms with Gasteiger partial charge in [-0.05, 0) is 43.5 Å². The highest BCUT2D eigenvalue weighted by molar-refractivity contribution is 7.89. The van der Waals surface area contributed by atoms with Crippen LogP contribution in [0, 0.1) is 6.92 Å². The summed E-state index contributed by atoms with van der Waals surface area (Å²) in [6.45, 7) is 9.33. The molecule has 0 spiro atoms. The average molecular weight is 449 g/mol. The molecule has 2 atom stereocenters. The van der Waals surface area contributed by atoms with E-state index in [2.05, 4.69) is 47.4 Å². The number of benzene rings is 3. The lowest BCUT2D eigenvalue weighted by Crippen LogP contribution is -2.49. The number of rotatable bonds is 11. The number of nitrogens with zero attached hydrogens (tertiary/aromatic N) is 1. The number of nitrogens with one attached hydrogen (secondary N) is 1. The first-order valence-electron chi connectivity index (χ1n) is 10.9. The molecule has 1 N–H and O–H groups in total. The van der Waals surface area contributed by atoms with Gasteiger partial charge in [-0.1, -0.05) is 84.4 Å². The SMILES string of the molecule is C=CC[C@@H](NS(=O)(=O)c1ccc(C)cc1)[C@H](C)N(Cc1ccccc1)Cc1ccccc1. The van der Waals surface area contributed by atoms with Crippen molar-refractivity contribution in [2.45, 2.75) is 50.3 Å². The van der Waals surface area contributed by atoms with Crippen molar-refractivity contribution in [1.29, 1.82) is 0 Å². The lowest BCUT2D eigenvalue weighted by molar-refractivity contribution is 0.161. The van der Waals surface area contributed by atoms with Crippen molar-refractivity contribution in [2.75, 3.05) is 0 Å². The second-order valence-corrected chi connectivity index (χ2v) is 9.90. The Morgan fingerprint density at radius 3 is 1.84 bits per heavy atom. The van der Waals surface area contributed by atoms with Crippen molar-refractivity contribution in [3.8, 4) is 0 Å². The van der Waals surface area contributed by atoms with Crippen LogP contribution in [0.2, 0.25) is 0 Å². The maximum Gasteiger partial charge on any atom is 0.240 e. The predicted octanol–water partition coefficient (Wildman–Crippen LogP) is 5.31. The van der Waals surface area contributed by atoms with Crippen molar-refractivity contribution in [3.05, 3.63) is 114 Å². The zero-order valence-electron chi connectivity index (χ0n) is 18.8. The van der Waals surface area contributed by atoms with Gasteiger partial charge < -0.3 is 0 Å². The van der Waals surface area contributed by atoms with Gasteiger partial charge in [-0.3, -0.25) is 4.90 Å². The third kappa shape index (κ3) is 6.63. The summed E-state index contributed by atoms with van der Waals surface area (Å²) in [6, 6.07) is 27.1. The van der Waals surface area contributed by atoms with E-state index in [1.807, 2.05) is 55.5 Å². The molecule has 0 saturated carbocycles. The first kappa shape index (κ1) is 23.9. The van der Waals surface area contributed by atoms with Crippen LogP contribution in [0.1, 0.15) is 30.0 Å². The van der Waals surface area contributed by atoms with Crippen LogP contribution < -0.4 is 4.72 Å². The van der Waals surface area contributed by atoms with Gasteiger partial charge in [0, 0.05) is 25.2 Å². The molecule has 0 fully saturated rings. The largest absolute Gasteiger partial charge is 0.291 e. The Bertz CT molecular complexity index is 1040. The second-order valence-electron chi connectivity index (χ2n) is 8.18. The molecule has 0 aliphatic carbocycles. The summed E-state index contributed by atoms with van der Waals surface area (Å²) in [5.74, 6) is 0. The topological polar surface area (TPSA) is 49.4 Å². The summed E-state index contributed by atoms with van der Waals surface area (Å²) in [4.78, 5) is 2.60. The first-order valence-corrected chi connectivity index (χ1v) is 12.4. The summed E-state index contributed by atoms with van der Waals surface area (Å²) in [5, 5.41) is 0. The average Bonchev–Trinajstić information content (AvgIpc) is 2.79. The molecule has 5 heteroatoms. The van der Waals surface area contributed by atoms with Crippen LogP contribution in [0.15, 0.2) is 102 Å². The lowest BCUT2D eigenvalue weighted by Gasteiger charge is -2.35. The molecule has 32 heavy (non-hydrogen) atoms. The molecule has 0 bridgehead atoms. The number of aryl methyl sites for hydroxylation is 1. The highest BCUT2D eigenvalue weighted by atomic mass is 32.2. The normalized spacial score (nSPS) is 13.6. The second kappa shape index (κ2) is 11.2. The van der Waals surface area contributed by atoms with Gasteiger partial charge >= 0.3 is 0 Å². The molecule has 0 unspecified atom stereocenters. The van der Waals surface area contributed by atoms with Gasteiger partial charge in [-0.15, -0.1) is 6.58 Å². The maximum absolute atomic E-state index is 13.1. The van der Waals surface area contributed by atoms with Crippen molar-refractivity contribution in [2.24, 2.45) is 0 Å². The monoisotopic (exact) mass is 448 g/mol. The van der Waals surface area contributed by atoms with E-state index in [-0.39, 0.29) is 17.0 Å². The zero-order chi connectivity index (χ0) is 23.0. The molecule has 0 amide bonds. The standard InChI is InChI=1S/C27H32N2O2S/c1-4-11-27(28-32(30,31)26-18-16-22(2)17-19-26)23(3)29(20-24-12-7-5-8-13-24)21-25-14-9-6-10-15-25/h4-10,12-19,23,27-28H,1,11,20-21H2,2-3H3/t23-,27+/m0/s1. The van der Waals surface area contributed by atoms with Crippen LogP contribution >= 0.6 is 0 Å². The minimum Gasteiger partial charge on any atom is -0.291 e. The van der Waals surface area contributed by atoms with Crippen LogP contribution in [0.4, 0.5) is 0 Å². The van der Waals surface area contributed by atoms with E-state index in [0.29, 0.717) is 6.42 Å². The Morgan fingerprint density at radius 1 is 0.875 bits per heavy atom. The van der Waals surface area contributed by atoms with Crippen LogP contribution in [0.25, 0.3) is 0 Å². The molecule has 3 aromatic carbocycles. The van der Waals surface area contributed by atoms with Gasteiger partial charge in [0.15, 0.2) is 0 Å². The molecule has 0 saturated heterocycles. The molecule has 3 aromatic rings. The number of sulfonamides is 1. The molecule has 0 heterocycles. The van der Waals surface area contributed by atoms with Crippen molar-refractivity contribution >= 4 is 10.0 Å². The highest BCUT2D eigenvalue weighted by Gasteiger charge is 2.28. The molecule has 0 aliphatic heterocycles. The quantitative estimate of drug-likeness (QED) is 0.405. The van der Waals surface area contributed by atoms with E-state index >= 15 is 0 Å². The van der Waals surface area contributed by atoms with Gasteiger partial charge in [0.1, 0.15) is 0 Å². The lowest BCUT2D eigenvalue weighted by atomic mass is 10.0. The van der Waals surface area contributed by atoms with Crippen LogP contribution in [-0.2, 0) is 23.1 Å². The minimum atomic E-state index is -3.65. The Kier molecular flexibility index (Phi) is 8.39. The summed E-state index contributed by atoms with van der Waals surface area (Å²) < 4.78 is 29.2. The van der Waals surface area contributed by atoms with Gasteiger partial charge in [-0.25, -0.2) is 13.1 Å².